The summed E-state index contributed by atoms with van der Waals surface area (Å²) in [6.07, 6.45) is 5.85. The van der Waals surface area contributed by atoms with E-state index in [0.717, 1.165) is 128 Å². The third-order valence-electron chi connectivity index (χ3n) is 16.9. The van der Waals surface area contributed by atoms with Gasteiger partial charge >= 0.3 is 0 Å². The number of nitrogens with zero attached hydrogens (tertiary/aromatic N) is 4. The van der Waals surface area contributed by atoms with Gasteiger partial charge in [0.2, 0.25) is 0 Å². The summed E-state index contributed by atoms with van der Waals surface area (Å²) in [7, 11) is 0. The van der Waals surface area contributed by atoms with Gasteiger partial charge < -0.3 is 19.9 Å². The van der Waals surface area contributed by atoms with Gasteiger partial charge in [0.1, 0.15) is 0 Å². The molecular formula is C60H62N8. The van der Waals surface area contributed by atoms with Crippen molar-refractivity contribution in [1.82, 2.24) is 39.9 Å². The molecule has 0 saturated carbocycles. The number of H-pyrrole nitrogens is 4. The van der Waals surface area contributed by atoms with Crippen LogP contribution >= 0.6 is 0 Å². The molecule has 10 heterocycles. The molecule has 13 rings (SSSR count). The largest absolute Gasteiger partial charge is 0.355 e. The second-order valence-electron chi connectivity index (χ2n) is 20.2. The van der Waals surface area contributed by atoms with Crippen molar-refractivity contribution in [2.24, 2.45) is 0 Å². The lowest BCUT2D eigenvalue weighted by atomic mass is 9.65. The summed E-state index contributed by atoms with van der Waals surface area (Å²) < 4.78 is 0. The van der Waals surface area contributed by atoms with Crippen LogP contribution in [0, 0.1) is 13.8 Å². The third kappa shape index (κ3) is 6.04. The maximum absolute atomic E-state index is 5.42. The summed E-state index contributed by atoms with van der Waals surface area (Å²) in [6, 6.07) is 18.5. The van der Waals surface area contributed by atoms with Gasteiger partial charge in [-0.15, -0.1) is 0 Å². The lowest BCUT2D eigenvalue weighted by Gasteiger charge is -2.37. The maximum Gasteiger partial charge on any atom is 0.0694 e. The van der Waals surface area contributed by atoms with Crippen molar-refractivity contribution >= 4 is 88.7 Å². The molecule has 18 bridgehead atoms. The van der Waals surface area contributed by atoms with Crippen LogP contribution in [-0.4, -0.2) is 39.9 Å². The third-order valence-corrected chi connectivity index (χ3v) is 16.9. The Bertz CT molecular complexity index is 3770. The molecule has 68 heavy (non-hydrogen) atoms. The summed E-state index contributed by atoms with van der Waals surface area (Å²) in [5.74, 6) is 0.320. The Kier molecular flexibility index (Phi) is 9.61. The number of hydrogen-bond acceptors (Lipinski definition) is 4. The van der Waals surface area contributed by atoms with E-state index in [0.29, 0.717) is 0 Å². The van der Waals surface area contributed by atoms with Gasteiger partial charge in [-0.1, -0.05) is 27.7 Å². The molecule has 7 aliphatic rings. The Morgan fingerprint density at radius 3 is 1.00 bits per heavy atom. The highest BCUT2D eigenvalue weighted by Crippen LogP contribution is 2.58. The smallest absolute Gasteiger partial charge is 0.0694 e. The van der Waals surface area contributed by atoms with E-state index in [1.54, 1.807) is 0 Å². The molecule has 6 aromatic heterocycles. The van der Waals surface area contributed by atoms with Crippen LogP contribution < -0.4 is 0 Å². The Hall–Kier alpha value is -6.80. The monoisotopic (exact) mass is 895 g/mol. The Labute approximate surface area is 399 Å². The van der Waals surface area contributed by atoms with E-state index in [4.69, 9.17) is 19.9 Å². The molecule has 0 fully saturated rings. The van der Waals surface area contributed by atoms with Gasteiger partial charge in [-0.25, -0.2) is 19.9 Å². The summed E-state index contributed by atoms with van der Waals surface area (Å²) >= 11 is 0. The molecule has 4 N–H and O–H groups in total. The first-order chi connectivity index (χ1) is 32.8. The van der Waals surface area contributed by atoms with Gasteiger partial charge in [0, 0.05) is 56.0 Å². The maximum atomic E-state index is 5.42. The Morgan fingerprint density at radius 2 is 0.618 bits per heavy atom. The minimum absolute atomic E-state index is 0.158. The van der Waals surface area contributed by atoms with Crippen molar-refractivity contribution in [3.8, 4) is 0 Å². The van der Waals surface area contributed by atoms with E-state index >= 15 is 0 Å². The fourth-order valence-corrected chi connectivity index (χ4v) is 12.6. The average molecular weight is 895 g/mol. The lowest BCUT2D eigenvalue weighted by Crippen LogP contribution is -2.22. The SMILES string of the molecule is CCC1=C(CC)c2cc3[nH]c(cc4[nH]c(cc5nc(cc1n2)C(C)=C5C)c1c4C2CCC1c1c2c2cc4nc(cc5[nH]c(cc6nc(cc1[nH]2)C(C)=C6C)c(CC)c5CC)C(C)=C4C)c(C)c3C. The summed E-state index contributed by atoms with van der Waals surface area (Å²) in [5.41, 5.74) is 38.0. The molecule has 4 aliphatic heterocycles. The number of hydrogen-bond donors (Lipinski definition) is 4. The number of allylic oxidation sites excluding steroid dienone is 8. The van der Waals surface area contributed by atoms with Gasteiger partial charge in [-0.2, -0.15) is 0 Å². The molecule has 0 saturated heterocycles. The Balaban J connectivity index is 1.19. The van der Waals surface area contributed by atoms with E-state index in [1.165, 1.54) is 89.1 Å². The zero-order valence-electron chi connectivity index (χ0n) is 41.8. The molecular weight excluding hydrogens is 833 g/mol. The molecule has 2 atom stereocenters. The van der Waals surface area contributed by atoms with Crippen LogP contribution in [0.3, 0.4) is 0 Å². The fourth-order valence-electron chi connectivity index (χ4n) is 12.6. The molecule has 2 unspecified atom stereocenters. The lowest BCUT2D eigenvalue weighted by molar-refractivity contribution is 0.536. The van der Waals surface area contributed by atoms with E-state index in [1.807, 2.05) is 0 Å². The normalized spacial score (nSPS) is 17.6. The van der Waals surface area contributed by atoms with Crippen LogP contribution in [0.4, 0.5) is 0 Å². The second kappa shape index (κ2) is 15.4. The molecule has 3 aliphatic carbocycles. The van der Waals surface area contributed by atoms with Gasteiger partial charge in [-0.3, -0.25) is 0 Å². The molecule has 8 heteroatoms. The van der Waals surface area contributed by atoms with Crippen LogP contribution in [0.5, 0.6) is 0 Å². The fraction of sp³-hybridized carbons (Fsp3) is 0.333. The van der Waals surface area contributed by atoms with E-state index in [9.17, 15) is 0 Å². The van der Waals surface area contributed by atoms with Crippen LogP contribution in [0.1, 0.15) is 197 Å². The molecule has 0 aromatic carbocycles. The van der Waals surface area contributed by atoms with E-state index in [2.05, 4.69) is 152 Å². The summed E-state index contributed by atoms with van der Waals surface area (Å²) in [6.45, 7) is 26.9. The predicted octanol–water partition coefficient (Wildman–Crippen LogP) is 15.6. The summed E-state index contributed by atoms with van der Waals surface area (Å²) in [4.78, 5) is 37.5. The number of fused-ring (bicyclic) bond motifs is 17. The van der Waals surface area contributed by atoms with Crippen LogP contribution in [0.2, 0.25) is 0 Å². The highest BCUT2D eigenvalue weighted by atomic mass is 14.8. The number of nitrogens with one attached hydrogen (secondary N) is 4. The summed E-state index contributed by atoms with van der Waals surface area (Å²) in [5, 5.41) is 0. The topological polar surface area (TPSA) is 115 Å². The second-order valence-corrected chi connectivity index (χ2v) is 20.2. The number of aromatic amines is 4. The van der Waals surface area contributed by atoms with Crippen molar-refractivity contribution in [3.05, 3.63) is 139 Å². The van der Waals surface area contributed by atoms with Gasteiger partial charge in [-0.05, 0) is 232 Å². The van der Waals surface area contributed by atoms with Gasteiger partial charge in [0.25, 0.3) is 0 Å². The van der Waals surface area contributed by atoms with E-state index < -0.39 is 0 Å². The zero-order valence-corrected chi connectivity index (χ0v) is 41.8. The van der Waals surface area contributed by atoms with Crippen LogP contribution in [-0.2, 0) is 12.8 Å². The van der Waals surface area contributed by atoms with Crippen LogP contribution in [0.15, 0.2) is 48.5 Å². The van der Waals surface area contributed by atoms with Crippen LogP contribution in [0.25, 0.3) is 88.7 Å². The molecule has 8 nitrogen and oxygen atoms in total. The van der Waals surface area contributed by atoms with Gasteiger partial charge in [0.15, 0.2) is 0 Å². The molecule has 342 valence electrons. The number of rotatable bonds is 4. The molecule has 0 amide bonds. The quantitative estimate of drug-likeness (QED) is 0.141. The highest BCUT2D eigenvalue weighted by molar-refractivity contribution is 5.98. The predicted molar refractivity (Wildman–Crippen MR) is 285 cm³/mol. The minimum Gasteiger partial charge on any atom is -0.355 e. The minimum atomic E-state index is 0.158. The van der Waals surface area contributed by atoms with Crippen molar-refractivity contribution < 1.29 is 0 Å². The first-order valence-electron chi connectivity index (χ1n) is 25.1. The first kappa shape index (κ1) is 42.5. The van der Waals surface area contributed by atoms with Crippen molar-refractivity contribution in [2.75, 3.05) is 0 Å². The van der Waals surface area contributed by atoms with Crippen molar-refractivity contribution in [1.29, 1.82) is 0 Å². The van der Waals surface area contributed by atoms with Gasteiger partial charge in [0.05, 0.1) is 45.6 Å². The molecule has 0 radical (unpaired) electrons. The standard InChI is InChI=1S/C60H62N8/c1-13-35-36(14-2)50-20-42-28(6)32(10)46(62-42)24-54-58-40-18-17-39(57(58)53(67-54)23-45-31(9)27(5)41(61-45)19-49(35)65-50)59-55-25-47-33(11)29(7)43(63-47)21-51-37(15-3)38(16-4)52(66-51)22-44-30(8)34(12)48(64-44)26-56(68-55)60(40)59/h19-26,39-40,61,66-68H,13-18H2,1-12H3. The average Bonchev–Trinajstić information content (AvgIpc) is 4.22. The zero-order chi connectivity index (χ0) is 47.2. The molecule has 0 spiro atoms. The Morgan fingerprint density at radius 1 is 0.338 bits per heavy atom. The van der Waals surface area contributed by atoms with Crippen molar-refractivity contribution in [3.63, 3.8) is 0 Å². The highest BCUT2D eigenvalue weighted by Gasteiger charge is 2.43. The molecule has 6 aromatic rings. The van der Waals surface area contributed by atoms with E-state index in [-0.39, 0.29) is 11.8 Å². The number of aryl methyl sites for hydroxylation is 4. The number of aromatic nitrogens is 8. The van der Waals surface area contributed by atoms with Crippen molar-refractivity contribution in [2.45, 2.75) is 133 Å². The first-order valence-corrected chi connectivity index (χ1v) is 25.1.